The molecule has 0 fully saturated rings. The molecule has 0 spiro atoms. The van der Waals surface area contributed by atoms with E-state index < -0.39 is 54.5 Å². The molecule has 168 valence electrons. The van der Waals surface area contributed by atoms with E-state index in [1.165, 1.54) is 13.8 Å². The first-order valence-corrected chi connectivity index (χ1v) is 8.00. The summed E-state index contributed by atoms with van der Waals surface area (Å²) in [4.78, 5) is 11.9. The van der Waals surface area contributed by atoms with Gasteiger partial charge in [-0.25, -0.2) is 5.01 Å². The molecule has 0 radical (unpaired) electrons. The summed E-state index contributed by atoms with van der Waals surface area (Å²) in [5.41, 5.74) is 1.73. The largest absolute Gasteiger partial charge is 0.460 e. The van der Waals surface area contributed by atoms with Crippen molar-refractivity contribution in [1.29, 1.82) is 0 Å². The Morgan fingerprint density at radius 3 is 1.54 bits per heavy atom. The number of carbonyl (C=O) groups is 1. The maximum absolute atomic E-state index is 14.2. The molecule has 1 atom stereocenters. The molecule has 1 unspecified atom stereocenters. The van der Waals surface area contributed by atoms with Crippen molar-refractivity contribution >= 4 is 5.91 Å². The molecule has 28 heavy (non-hydrogen) atoms. The Hall–Kier alpha value is -1.34. The third-order valence-electron chi connectivity index (χ3n) is 3.93. The number of nitrogens with zero attached hydrogens (tertiary/aromatic N) is 1. The summed E-state index contributed by atoms with van der Waals surface area (Å²) in [6, 6.07) is 0. The highest BCUT2D eigenvalue weighted by Crippen LogP contribution is 2.59. The summed E-state index contributed by atoms with van der Waals surface area (Å²) in [7, 11) is 0. The number of carbonyl (C=O) groups excluding carboxylic acids is 1. The van der Waals surface area contributed by atoms with E-state index in [1.807, 2.05) is 0 Å². The van der Waals surface area contributed by atoms with Crippen LogP contribution in [0.5, 0.6) is 0 Å². The molecule has 1 amide bonds. The minimum Gasteiger partial charge on any atom is -0.288 e. The Kier molecular flexibility index (Phi) is 8.16. The molecule has 0 saturated heterocycles. The SMILES string of the molecule is CCCC(C(=O)NN(CC)CC)C(F)(F)C(F)(F)C(F)(F)C(F)(F)C(F)(F)F. The molecule has 0 rings (SSSR count). The zero-order valence-corrected chi connectivity index (χ0v) is 14.9. The first-order chi connectivity index (χ1) is 12.4. The van der Waals surface area contributed by atoms with E-state index in [2.05, 4.69) is 0 Å². The molecule has 0 aliphatic heterocycles. The minimum absolute atomic E-state index is 0.0225. The molecule has 0 aromatic carbocycles. The Balaban J connectivity index is 6.20. The van der Waals surface area contributed by atoms with Gasteiger partial charge in [0.05, 0.1) is 0 Å². The summed E-state index contributed by atoms with van der Waals surface area (Å²) >= 11 is 0. The second kappa shape index (κ2) is 8.57. The number of nitrogens with one attached hydrogen (secondary N) is 1. The smallest absolute Gasteiger partial charge is 0.288 e. The molecule has 14 heteroatoms. The van der Waals surface area contributed by atoms with Crippen molar-refractivity contribution in [3.8, 4) is 0 Å². The van der Waals surface area contributed by atoms with Crippen LogP contribution in [0.1, 0.15) is 33.6 Å². The van der Waals surface area contributed by atoms with Crippen LogP contribution >= 0.6 is 0 Å². The molecule has 0 aliphatic carbocycles. The van der Waals surface area contributed by atoms with E-state index in [1.54, 1.807) is 5.43 Å². The maximum atomic E-state index is 14.2. The predicted octanol–water partition coefficient (Wildman–Crippen LogP) is 4.88. The van der Waals surface area contributed by atoms with Gasteiger partial charge in [0.25, 0.3) is 0 Å². The highest BCUT2D eigenvalue weighted by molar-refractivity contribution is 5.79. The van der Waals surface area contributed by atoms with Crippen LogP contribution in [-0.2, 0) is 4.79 Å². The van der Waals surface area contributed by atoms with E-state index in [0.29, 0.717) is 0 Å². The van der Waals surface area contributed by atoms with Crippen LogP contribution in [0.3, 0.4) is 0 Å². The monoisotopic (exact) mass is 440 g/mol. The van der Waals surface area contributed by atoms with Crippen molar-refractivity contribution in [2.75, 3.05) is 13.1 Å². The Morgan fingerprint density at radius 1 is 0.786 bits per heavy atom. The summed E-state index contributed by atoms with van der Waals surface area (Å²) < 4.78 is 145. The molecule has 3 nitrogen and oxygen atoms in total. The average Bonchev–Trinajstić information content (AvgIpc) is 2.55. The predicted molar refractivity (Wildman–Crippen MR) is 75.3 cm³/mol. The second-order valence-corrected chi connectivity index (χ2v) is 5.83. The summed E-state index contributed by atoms with van der Waals surface area (Å²) in [6.45, 7) is 3.86. The van der Waals surface area contributed by atoms with Crippen LogP contribution < -0.4 is 5.43 Å². The molecule has 1 N–H and O–H groups in total. The van der Waals surface area contributed by atoms with Crippen molar-refractivity contribution in [2.24, 2.45) is 5.92 Å². The number of alkyl halides is 11. The third-order valence-corrected chi connectivity index (χ3v) is 3.93. The van der Waals surface area contributed by atoms with Gasteiger partial charge in [-0.05, 0) is 6.42 Å². The van der Waals surface area contributed by atoms with Gasteiger partial charge in [-0.2, -0.15) is 48.3 Å². The Morgan fingerprint density at radius 2 is 1.21 bits per heavy atom. The van der Waals surface area contributed by atoms with E-state index >= 15 is 0 Å². The molecule has 0 aromatic rings. The number of hydrazine groups is 1. The fourth-order valence-corrected chi connectivity index (χ4v) is 2.18. The van der Waals surface area contributed by atoms with Gasteiger partial charge in [0.1, 0.15) is 5.92 Å². The Labute approximate surface area is 153 Å². The lowest BCUT2D eigenvalue weighted by atomic mass is 9.86. The van der Waals surface area contributed by atoms with Crippen LogP contribution in [0.4, 0.5) is 48.3 Å². The average molecular weight is 440 g/mol. The number of halogens is 11. The van der Waals surface area contributed by atoms with Gasteiger partial charge >= 0.3 is 29.9 Å². The molecule has 0 bridgehead atoms. The van der Waals surface area contributed by atoms with Crippen LogP contribution in [0.15, 0.2) is 0 Å². The fourth-order valence-electron chi connectivity index (χ4n) is 2.18. The summed E-state index contributed by atoms with van der Waals surface area (Å²) in [5.74, 6) is -33.6. The van der Waals surface area contributed by atoms with Crippen LogP contribution in [-0.4, -0.2) is 53.9 Å². The number of hydrogen-bond acceptors (Lipinski definition) is 2. The molecule has 0 saturated carbocycles. The van der Waals surface area contributed by atoms with E-state index in [4.69, 9.17) is 0 Å². The van der Waals surface area contributed by atoms with Gasteiger partial charge in [-0.3, -0.25) is 10.2 Å². The first kappa shape index (κ1) is 26.7. The van der Waals surface area contributed by atoms with Crippen molar-refractivity contribution in [1.82, 2.24) is 10.4 Å². The maximum Gasteiger partial charge on any atom is 0.460 e. The summed E-state index contributed by atoms with van der Waals surface area (Å²) in [5, 5.41) is 0.918. The third kappa shape index (κ3) is 4.46. The lowest BCUT2D eigenvalue weighted by molar-refractivity contribution is -0.425. The highest BCUT2D eigenvalue weighted by atomic mass is 19.4. The number of hydrogen-bond donors (Lipinski definition) is 1. The standard InChI is InChI=1S/C14H19F11N2O/c1-4-7-8(9(28)26-27(5-2)6-3)10(15,16)11(17,18)12(19,20)13(21,22)14(23,24)25/h8H,4-7H2,1-3H3,(H,26,28). The van der Waals surface area contributed by atoms with Crippen LogP contribution in [0, 0.1) is 5.92 Å². The van der Waals surface area contributed by atoms with Gasteiger partial charge in [0.15, 0.2) is 0 Å². The Bertz CT molecular complexity index is 530. The van der Waals surface area contributed by atoms with Crippen LogP contribution in [0.2, 0.25) is 0 Å². The topological polar surface area (TPSA) is 32.3 Å². The highest BCUT2D eigenvalue weighted by Gasteiger charge is 2.88. The van der Waals surface area contributed by atoms with Gasteiger partial charge in [-0.15, -0.1) is 0 Å². The molecule has 0 aromatic heterocycles. The number of rotatable bonds is 10. The number of amides is 1. The fraction of sp³-hybridized carbons (Fsp3) is 0.929. The van der Waals surface area contributed by atoms with E-state index in [0.717, 1.165) is 11.9 Å². The van der Waals surface area contributed by atoms with Crippen LogP contribution in [0.25, 0.3) is 0 Å². The zero-order valence-electron chi connectivity index (χ0n) is 14.9. The normalized spacial score (nSPS) is 15.7. The van der Waals surface area contributed by atoms with Gasteiger partial charge in [-0.1, -0.05) is 27.2 Å². The van der Waals surface area contributed by atoms with Crippen molar-refractivity contribution in [2.45, 2.75) is 63.5 Å². The quantitative estimate of drug-likeness (QED) is 0.388. The summed E-state index contributed by atoms with van der Waals surface area (Å²) in [6.07, 6.45) is -8.87. The first-order valence-electron chi connectivity index (χ1n) is 8.00. The lowest BCUT2D eigenvalue weighted by Crippen LogP contribution is -2.69. The molecule has 0 heterocycles. The van der Waals surface area contributed by atoms with E-state index in [9.17, 15) is 53.1 Å². The van der Waals surface area contributed by atoms with Crippen molar-refractivity contribution in [3.05, 3.63) is 0 Å². The molecular weight excluding hydrogens is 421 g/mol. The van der Waals surface area contributed by atoms with Crippen molar-refractivity contribution < 1.29 is 53.1 Å². The zero-order chi connectivity index (χ0) is 22.8. The van der Waals surface area contributed by atoms with Crippen molar-refractivity contribution in [3.63, 3.8) is 0 Å². The van der Waals surface area contributed by atoms with Gasteiger partial charge in [0.2, 0.25) is 5.91 Å². The van der Waals surface area contributed by atoms with Gasteiger partial charge in [0, 0.05) is 13.1 Å². The minimum atomic E-state index is -7.52. The molecule has 0 aliphatic rings. The second-order valence-electron chi connectivity index (χ2n) is 5.83. The molecular formula is C14H19F11N2O. The van der Waals surface area contributed by atoms with E-state index in [-0.39, 0.29) is 13.1 Å². The van der Waals surface area contributed by atoms with Gasteiger partial charge < -0.3 is 0 Å². The lowest BCUT2D eigenvalue weighted by Gasteiger charge is -2.40.